The maximum absolute atomic E-state index is 14.8. The number of halogens is 1. The number of benzene rings is 1. The first-order chi connectivity index (χ1) is 18.1. The lowest BCUT2D eigenvalue weighted by Gasteiger charge is -2.28. The van der Waals surface area contributed by atoms with Crippen molar-refractivity contribution in [3.63, 3.8) is 0 Å². The maximum Gasteiger partial charge on any atom is 0.341 e. The van der Waals surface area contributed by atoms with Crippen molar-refractivity contribution in [3.8, 4) is 11.4 Å². The highest BCUT2D eigenvalue weighted by atomic mass is 19.1. The molecule has 3 rings (SSSR count). The number of hydrogen-bond donors (Lipinski definition) is 0. The first kappa shape index (κ1) is 29.3. The van der Waals surface area contributed by atoms with Gasteiger partial charge in [-0.05, 0) is 62.1 Å². The van der Waals surface area contributed by atoms with Gasteiger partial charge in [-0.15, -0.1) is 0 Å². The van der Waals surface area contributed by atoms with Gasteiger partial charge in [0.25, 0.3) is 0 Å². The minimum Gasteiger partial charge on any atom is -0.459 e. The lowest BCUT2D eigenvalue weighted by Crippen LogP contribution is -2.25. The van der Waals surface area contributed by atoms with Crippen molar-refractivity contribution in [1.82, 2.24) is 9.97 Å². The quantitative estimate of drug-likeness (QED) is 0.167. The van der Waals surface area contributed by atoms with Crippen LogP contribution >= 0.6 is 0 Å². The van der Waals surface area contributed by atoms with Crippen molar-refractivity contribution in [2.24, 2.45) is 5.92 Å². The molecule has 37 heavy (non-hydrogen) atoms. The Hall–Kier alpha value is -2.30. The van der Waals surface area contributed by atoms with Gasteiger partial charge in [-0.2, -0.15) is 0 Å². The van der Waals surface area contributed by atoms with E-state index >= 15 is 0 Å². The van der Waals surface area contributed by atoms with Crippen molar-refractivity contribution >= 4 is 5.97 Å². The fraction of sp³-hybridized carbons (Fsp3) is 0.656. The van der Waals surface area contributed by atoms with E-state index in [1.807, 2.05) is 12.4 Å². The number of unbranched alkanes of at least 4 members (excludes halogenated alkanes) is 9. The summed E-state index contributed by atoms with van der Waals surface area (Å²) < 4.78 is 20.5. The van der Waals surface area contributed by atoms with Crippen LogP contribution in [0.1, 0.15) is 133 Å². The third-order valence-electron chi connectivity index (χ3n) is 7.75. The van der Waals surface area contributed by atoms with Gasteiger partial charge in [-0.25, -0.2) is 19.2 Å². The molecule has 0 spiro atoms. The molecule has 1 aromatic heterocycles. The van der Waals surface area contributed by atoms with Crippen molar-refractivity contribution in [2.75, 3.05) is 0 Å². The van der Waals surface area contributed by atoms with Crippen LogP contribution in [0.15, 0.2) is 30.6 Å². The molecule has 0 amide bonds. The van der Waals surface area contributed by atoms with Gasteiger partial charge in [-0.3, -0.25) is 0 Å². The Morgan fingerprint density at radius 1 is 0.865 bits per heavy atom. The topological polar surface area (TPSA) is 52.1 Å². The van der Waals surface area contributed by atoms with Crippen LogP contribution < -0.4 is 0 Å². The zero-order valence-corrected chi connectivity index (χ0v) is 23.2. The van der Waals surface area contributed by atoms with Gasteiger partial charge in [0.2, 0.25) is 0 Å². The van der Waals surface area contributed by atoms with Gasteiger partial charge < -0.3 is 4.74 Å². The van der Waals surface area contributed by atoms with Crippen molar-refractivity contribution in [1.29, 1.82) is 0 Å². The molecule has 1 saturated carbocycles. The van der Waals surface area contributed by atoms with Crippen LogP contribution in [0.4, 0.5) is 4.39 Å². The summed E-state index contributed by atoms with van der Waals surface area (Å²) in [7, 11) is 0. The minimum atomic E-state index is -0.581. The molecule has 1 fully saturated rings. The molecule has 0 atom stereocenters. The fourth-order valence-electron chi connectivity index (χ4n) is 5.35. The molecule has 0 unspecified atom stereocenters. The SMILES string of the molecule is CCCCCCCCC[C@H]1CC[C@H](OC(=O)c2ccc(-c3ncc(CCCCCC)cn3)cc2F)CC1. The van der Waals surface area contributed by atoms with Crippen LogP contribution in [0, 0.1) is 11.7 Å². The Bertz CT molecular complexity index is 923. The Morgan fingerprint density at radius 2 is 1.49 bits per heavy atom. The Balaban J connectivity index is 1.40. The average molecular weight is 511 g/mol. The van der Waals surface area contributed by atoms with E-state index in [9.17, 15) is 9.18 Å². The van der Waals surface area contributed by atoms with E-state index in [1.54, 1.807) is 6.07 Å². The second-order valence-corrected chi connectivity index (χ2v) is 10.9. The normalized spacial score (nSPS) is 17.6. The summed E-state index contributed by atoms with van der Waals surface area (Å²) in [5.41, 5.74) is 1.65. The Morgan fingerprint density at radius 3 is 2.14 bits per heavy atom. The summed E-state index contributed by atoms with van der Waals surface area (Å²) >= 11 is 0. The molecule has 0 radical (unpaired) electrons. The zero-order chi connectivity index (χ0) is 26.3. The van der Waals surface area contributed by atoms with E-state index in [-0.39, 0.29) is 11.7 Å². The standard InChI is InChI=1S/C32H47FN2O2/c1-3-5-7-9-10-11-13-14-25-16-19-28(20-17-25)37-32(36)29-21-18-27(22-30(29)33)31-34-23-26(24-35-31)15-12-8-6-4-2/h18,21-25,28H,3-17,19-20H2,1-2H3/t25-,28-. The van der Waals surface area contributed by atoms with Gasteiger partial charge >= 0.3 is 5.97 Å². The summed E-state index contributed by atoms with van der Waals surface area (Å²) in [4.78, 5) is 21.5. The van der Waals surface area contributed by atoms with Crippen LogP contribution in [-0.4, -0.2) is 22.0 Å². The number of carbonyl (C=O) groups excluding carboxylic acids is 1. The lowest BCUT2D eigenvalue weighted by atomic mass is 9.84. The summed E-state index contributed by atoms with van der Waals surface area (Å²) in [5, 5.41) is 0. The molecule has 4 nitrogen and oxygen atoms in total. The van der Waals surface area contributed by atoms with Crippen LogP contribution in [0.5, 0.6) is 0 Å². The number of carbonyl (C=O) groups is 1. The summed E-state index contributed by atoms with van der Waals surface area (Å²) in [6, 6.07) is 4.54. The van der Waals surface area contributed by atoms with Gasteiger partial charge in [0.15, 0.2) is 5.82 Å². The molecule has 0 N–H and O–H groups in total. The van der Waals surface area contributed by atoms with Crippen molar-refractivity contribution < 1.29 is 13.9 Å². The molecule has 1 heterocycles. The third kappa shape index (κ3) is 10.2. The zero-order valence-electron chi connectivity index (χ0n) is 23.2. The summed E-state index contributed by atoms with van der Waals surface area (Å²) in [6.07, 6.45) is 23.9. The first-order valence-corrected chi connectivity index (χ1v) is 14.9. The van der Waals surface area contributed by atoms with Gasteiger partial charge in [-0.1, -0.05) is 90.5 Å². The predicted molar refractivity (Wildman–Crippen MR) is 149 cm³/mol. The first-order valence-electron chi connectivity index (χ1n) is 14.9. The van der Waals surface area contributed by atoms with Crippen LogP contribution in [-0.2, 0) is 11.2 Å². The molecule has 204 valence electrons. The smallest absolute Gasteiger partial charge is 0.341 e. The van der Waals surface area contributed by atoms with Crippen LogP contribution in [0.3, 0.4) is 0 Å². The van der Waals surface area contributed by atoms with Gasteiger partial charge in [0, 0.05) is 18.0 Å². The lowest BCUT2D eigenvalue weighted by molar-refractivity contribution is 0.0156. The molecular formula is C32H47FN2O2. The number of esters is 1. The number of rotatable bonds is 16. The van der Waals surface area contributed by atoms with E-state index in [0.29, 0.717) is 11.4 Å². The van der Waals surface area contributed by atoms with E-state index in [1.165, 1.54) is 82.8 Å². The second kappa shape index (κ2) is 16.5. The fourth-order valence-corrected chi connectivity index (χ4v) is 5.35. The van der Waals surface area contributed by atoms with E-state index in [2.05, 4.69) is 23.8 Å². The molecule has 0 saturated heterocycles. The minimum absolute atomic E-state index is 0.0125. The molecule has 0 bridgehead atoms. The number of nitrogens with zero attached hydrogens (tertiary/aromatic N) is 2. The number of aryl methyl sites for hydroxylation is 1. The van der Waals surface area contributed by atoms with Crippen LogP contribution in [0.25, 0.3) is 11.4 Å². The molecule has 1 aliphatic rings. The molecular weight excluding hydrogens is 463 g/mol. The van der Waals surface area contributed by atoms with Crippen molar-refractivity contribution in [2.45, 2.75) is 129 Å². The average Bonchev–Trinajstić information content (AvgIpc) is 2.92. The number of ether oxygens (including phenoxy) is 1. The highest BCUT2D eigenvalue weighted by molar-refractivity contribution is 5.90. The van der Waals surface area contributed by atoms with Gasteiger partial charge in [0.1, 0.15) is 11.9 Å². The molecule has 5 heteroatoms. The third-order valence-corrected chi connectivity index (χ3v) is 7.75. The molecule has 0 aliphatic heterocycles. The molecule has 2 aromatic rings. The summed E-state index contributed by atoms with van der Waals surface area (Å²) in [6.45, 7) is 4.46. The van der Waals surface area contributed by atoms with Gasteiger partial charge in [0.05, 0.1) is 5.56 Å². The maximum atomic E-state index is 14.8. The van der Waals surface area contributed by atoms with E-state index < -0.39 is 11.8 Å². The number of hydrogen-bond acceptors (Lipinski definition) is 4. The Kier molecular flexibility index (Phi) is 13.1. The second-order valence-electron chi connectivity index (χ2n) is 10.9. The Labute approximate surface area is 223 Å². The van der Waals surface area contributed by atoms with Crippen LogP contribution in [0.2, 0.25) is 0 Å². The van der Waals surface area contributed by atoms with Crippen molar-refractivity contribution in [3.05, 3.63) is 47.5 Å². The predicted octanol–water partition coefficient (Wildman–Crippen LogP) is 9.26. The number of aromatic nitrogens is 2. The highest BCUT2D eigenvalue weighted by Crippen LogP contribution is 2.31. The monoisotopic (exact) mass is 510 g/mol. The van der Waals surface area contributed by atoms with E-state index in [0.717, 1.165) is 50.0 Å². The summed E-state index contributed by atoms with van der Waals surface area (Å²) in [5.74, 6) is 0.0602. The largest absolute Gasteiger partial charge is 0.459 e. The molecule has 1 aromatic carbocycles. The van der Waals surface area contributed by atoms with E-state index in [4.69, 9.17) is 4.74 Å². The molecule has 1 aliphatic carbocycles. The highest BCUT2D eigenvalue weighted by Gasteiger charge is 2.25.